The van der Waals surface area contributed by atoms with Crippen LogP contribution in [0.5, 0.6) is 5.75 Å². The first-order valence-corrected chi connectivity index (χ1v) is 11.3. The van der Waals surface area contributed by atoms with Gasteiger partial charge in [0.05, 0.1) is 17.5 Å². The van der Waals surface area contributed by atoms with Gasteiger partial charge in [-0.25, -0.2) is 0 Å². The zero-order valence-corrected chi connectivity index (χ0v) is 17.9. The highest BCUT2D eigenvalue weighted by Crippen LogP contribution is 2.27. The first-order chi connectivity index (χ1) is 15.0. The minimum Gasteiger partial charge on any atom is -0.490 e. The van der Waals surface area contributed by atoms with E-state index in [0.29, 0.717) is 18.0 Å². The van der Waals surface area contributed by atoms with Crippen molar-refractivity contribution in [2.24, 2.45) is 0 Å². The number of thioether (sulfide) groups is 1. The number of amides is 3. The van der Waals surface area contributed by atoms with E-state index in [-0.39, 0.29) is 29.2 Å². The van der Waals surface area contributed by atoms with Crippen molar-refractivity contribution in [2.75, 3.05) is 26.2 Å². The first kappa shape index (κ1) is 21.4. The van der Waals surface area contributed by atoms with Gasteiger partial charge >= 0.3 is 0 Å². The molecule has 1 aromatic rings. The highest BCUT2D eigenvalue weighted by molar-refractivity contribution is 8.18. The molecule has 3 aliphatic heterocycles. The van der Waals surface area contributed by atoms with Gasteiger partial charge in [0, 0.05) is 19.6 Å². The Balaban J connectivity index is 1.24. The number of hydrogen-bond donors (Lipinski definition) is 1. The number of nitriles is 1. The minimum absolute atomic E-state index is 0.0453. The van der Waals surface area contributed by atoms with Crippen molar-refractivity contribution in [1.82, 2.24) is 15.1 Å². The largest absolute Gasteiger partial charge is 0.490 e. The number of imide groups is 1. The molecule has 3 heterocycles. The standard InChI is InChI=1S/C22H24N4O4S/c23-13-16-2-1-9-26(16)20(27)14-25-10-7-18(8-11-25)30-17-5-3-15(4-6-17)12-19-21(28)24-22(29)31-19/h3-6,12,16,18H,1-2,7-11,14H2,(H,24,28,29)/b19-12-/t16-/m0/s1. The van der Waals surface area contributed by atoms with Crippen LogP contribution in [0.15, 0.2) is 29.2 Å². The van der Waals surface area contributed by atoms with E-state index in [1.54, 1.807) is 11.0 Å². The molecule has 0 bridgehead atoms. The Labute approximate surface area is 185 Å². The fourth-order valence-electron chi connectivity index (χ4n) is 4.07. The Morgan fingerprint density at radius 3 is 2.58 bits per heavy atom. The van der Waals surface area contributed by atoms with E-state index in [1.807, 2.05) is 24.3 Å². The molecule has 3 saturated heterocycles. The number of nitrogens with zero attached hydrogens (tertiary/aromatic N) is 3. The normalized spacial score (nSPS) is 23.8. The van der Waals surface area contributed by atoms with Crippen molar-refractivity contribution in [3.63, 3.8) is 0 Å². The van der Waals surface area contributed by atoms with E-state index in [4.69, 9.17) is 10.00 Å². The SMILES string of the molecule is N#C[C@@H]1CCCN1C(=O)CN1CCC(Oc2ccc(/C=C3\SC(=O)NC3=O)cc2)CC1. The van der Waals surface area contributed by atoms with Crippen LogP contribution in [-0.4, -0.2) is 65.2 Å². The average molecular weight is 441 g/mol. The van der Waals surface area contributed by atoms with Crippen molar-refractivity contribution in [1.29, 1.82) is 5.26 Å². The highest BCUT2D eigenvalue weighted by Gasteiger charge is 2.30. The molecule has 31 heavy (non-hydrogen) atoms. The van der Waals surface area contributed by atoms with E-state index in [2.05, 4.69) is 16.3 Å². The molecular weight excluding hydrogens is 416 g/mol. The average Bonchev–Trinajstić information content (AvgIpc) is 3.36. The second-order valence-electron chi connectivity index (χ2n) is 7.89. The van der Waals surface area contributed by atoms with Gasteiger partial charge in [0.25, 0.3) is 11.1 Å². The summed E-state index contributed by atoms with van der Waals surface area (Å²) in [5, 5.41) is 11.1. The molecule has 0 aromatic heterocycles. The molecule has 162 valence electrons. The predicted octanol–water partition coefficient (Wildman–Crippen LogP) is 2.37. The quantitative estimate of drug-likeness (QED) is 0.701. The number of carbonyl (C=O) groups excluding carboxylic acids is 3. The third kappa shape index (κ3) is 5.27. The molecule has 3 amide bonds. The van der Waals surface area contributed by atoms with Gasteiger partial charge in [0.1, 0.15) is 17.9 Å². The number of benzene rings is 1. The lowest BCUT2D eigenvalue weighted by molar-refractivity contribution is -0.132. The summed E-state index contributed by atoms with van der Waals surface area (Å²) in [5.41, 5.74) is 0.825. The maximum Gasteiger partial charge on any atom is 0.290 e. The van der Waals surface area contributed by atoms with Crippen molar-refractivity contribution in [3.05, 3.63) is 34.7 Å². The minimum atomic E-state index is -0.367. The van der Waals surface area contributed by atoms with Gasteiger partial charge in [-0.1, -0.05) is 12.1 Å². The van der Waals surface area contributed by atoms with Crippen LogP contribution in [0.1, 0.15) is 31.2 Å². The first-order valence-electron chi connectivity index (χ1n) is 10.4. The molecule has 1 aromatic carbocycles. The molecule has 1 N–H and O–H groups in total. The Morgan fingerprint density at radius 2 is 1.94 bits per heavy atom. The summed E-state index contributed by atoms with van der Waals surface area (Å²) < 4.78 is 6.08. The smallest absolute Gasteiger partial charge is 0.290 e. The van der Waals surface area contributed by atoms with Crippen LogP contribution >= 0.6 is 11.8 Å². The van der Waals surface area contributed by atoms with Gasteiger partial charge in [-0.2, -0.15) is 5.26 Å². The van der Waals surface area contributed by atoms with Gasteiger partial charge < -0.3 is 9.64 Å². The van der Waals surface area contributed by atoms with Crippen LogP contribution in [0.2, 0.25) is 0 Å². The number of carbonyl (C=O) groups is 3. The fourth-order valence-corrected chi connectivity index (χ4v) is 4.76. The Hall–Kier alpha value is -2.83. The summed E-state index contributed by atoms with van der Waals surface area (Å²) in [7, 11) is 0. The lowest BCUT2D eigenvalue weighted by atomic mass is 10.1. The molecule has 4 rings (SSSR count). The Bertz CT molecular complexity index is 932. The lowest BCUT2D eigenvalue weighted by Crippen LogP contribution is -2.46. The van der Waals surface area contributed by atoms with Crippen molar-refractivity contribution in [3.8, 4) is 11.8 Å². The number of nitrogens with one attached hydrogen (secondary N) is 1. The number of ether oxygens (including phenoxy) is 1. The van der Waals surface area contributed by atoms with E-state index in [0.717, 1.165) is 61.8 Å². The summed E-state index contributed by atoms with van der Waals surface area (Å²) >= 11 is 0.897. The van der Waals surface area contributed by atoms with E-state index >= 15 is 0 Å². The molecule has 0 aliphatic carbocycles. The maximum absolute atomic E-state index is 12.5. The third-order valence-corrected chi connectivity index (χ3v) is 6.55. The maximum atomic E-state index is 12.5. The van der Waals surface area contributed by atoms with Crippen molar-refractivity contribution < 1.29 is 19.1 Å². The molecule has 0 saturated carbocycles. The second kappa shape index (κ2) is 9.54. The molecular formula is C22H24N4O4S. The molecule has 0 unspecified atom stereocenters. The summed E-state index contributed by atoms with van der Waals surface area (Å²) in [5.74, 6) is 0.433. The monoisotopic (exact) mass is 440 g/mol. The van der Waals surface area contributed by atoms with E-state index < -0.39 is 0 Å². The van der Waals surface area contributed by atoms with Gasteiger partial charge in [-0.3, -0.25) is 24.6 Å². The summed E-state index contributed by atoms with van der Waals surface area (Å²) in [6, 6.07) is 9.38. The molecule has 8 nitrogen and oxygen atoms in total. The second-order valence-corrected chi connectivity index (χ2v) is 8.90. The third-order valence-electron chi connectivity index (χ3n) is 5.74. The molecule has 9 heteroatoms. The lowest BCUT2D eigenvalue weighted by Gasteiger charge is -2.33. The van der Waals surface area contributed by atoms with E-state index in [9.17, 15) is 14.4 Å². The molecule has 3 aliphatic rings. The van der Waals surface area contributed by atoms with Crippen LogP contribution in [-0.2, 0) is 9.59 Å². The number of hydrogen-bond acceptors (Lipinski definition) is 7. The van der Waals surface area contributed by atoms with Crippen LogP contribution in [0.25, 0.3) is 6.08 Å². The van der Waals surface area contributed by atoms with Gasteiger partial charge in [0.2, 0.25) is 5.91 Å². The highest BCUT2D eigenvalue weighted by atomic mass is 32.2. The molecule has 0 radical (unpaired) electrons. The number of piperidine rings is 1. The summed E-state index contributed by atoms with van der Waals surface area (Å²) in [6.07, 6.45) is 5.11. The Kier molecular flexibility index (Phi) is 6.59. The van der Waals surface area contributed by atoms with Crippen molar-refractivity contribution in [2.45, 2.75) is 37.8 Å². The predicted molar refractivity (Wildman–Crippen MR) is 116 cm³/mol. The van der Waals surface area contributed by atoms with Crippen LogP contribution in [0.4, 0.5) is 4.79 Å². The van der Waals surface area contributed by atoms with Gasteiger partial charge in [0.15, 0.2) is 0 Å². The molecule has 3 fully saturated rings. The fraction of sp³-hybridized carbons (Fsp3) is 0.455. The van der Waals surface area contributed by atoms with Gasteiger partial charge in [-0.15, -0.1) is 0 Å². The van der Waals surface area contributed by atoms with E-state index in [1.165, 1.54) is 0 Å². The van der Waals surface area contributed by atoms with Crippen LogP contribution in [0, 0.1) is 11.3 Å². The summed E-state index contributed by atoms with van der Waals surface area (Å²) in [4.78, 5) is 39.6. The zero-order chi connectivity index (χ0) is 21.8. The molecule has 1 atom stereocenters. The van der Waals surface area contributed by atoms with Crippen molar-refractivity contribution >= 4 is 34.9 Å². The van der Waals surface area contributed by atoms with Gasteiger partial charge in [-0.05, 0) is 61.2 Å². The number of rotatable bonds is 5. The van der Waals surface area contributed by atoms with Crippen LogP contribution in [0.3, 0.4) is 0 Å². The molecule has 0 spiro atoms. The summed E-state index contributed by atoms with van der Waals surface area (Å²) in [6.45, 7) is 2.61. The van der Waals surface area contributed by atoms with Crippen LogP contribution < -0.4 is 10.1 Å². The topological polar surface area (TPSA) is 103 Å². The number of likely N-dealkylation sites (tertiary alicyclic amines) is 2. The zero-order valence-electron chi connectivity index (χ0n) is 17.1. The Morgan fingerprint density at radius 1 is 1.19 bits per heavy atom.